The van der Waals surface area contributed by atoms with E-state index in [-0.39, 0.29) is 0 Å². The Morgan fingerprint density at radius 1 is 0.955 bits per heavy atom. The Morgan fingerprint density at radius 2 is 1.55 bits per heavy atom. The largest absolute Gasteiger partial charge is 0.369 e. The molecule has 0 heterocycles. The van der Waals surface area contributed by atoms with Gasteiger partial charge in [0, 0.05) is 18.8 Å². The number of hydrogen-bond acceptors (Lipinski definition) is 3. The molecular formula is C19H32O2S. The Hall–Kier alpha value is -1.05. The second kappa shape index (κ2) is 32.1. The molecule has 0 atom stereocenters. The van der Waals surface area contributed by atoms with Gasteiger partial charge in [-0.25, -0.2) is 0 Å². The molecule has 0 radical (unpaired) electrons. The van der Waals surface area contributed by atoms with Gasteiger partial charge in [-0.05, 0) is 27.2 Å². The molecule has 2 nitrogen and oxygen atoms in total. The Balaban J connectivity index is -0.000000247. The zero-order chi connectivity index (χ0) is 17.3. The van der Waals surface area contributed by atoms with Crippen LogP contribution in [-0.2, 0) is 9.47 Å². The highest BCUT2D eigenvalue weighted by Crippen LogP contribution is 1.95. The molecule has 3 heteroatoms. The van der Waals surface area contributed by atoms with E-state index in [9.17, 15) is 0 Å². The minimum absolute atomic E-state index is 0.539. The van der Waals surface area contributed by atoms with Crippen LogP contribution < -0.4 is 0 Å². The summed E-state index contributed by atoms with van der Waals surface area (Å²) in [6.07, 6.45) is 9.72. The van der Waals surface area contributed by atoms with Gasteiger partial charge in [-0.3, -0.25) is 0 Å². The molecule has 0 aromatic heterocycles. The van der Waals surface area contributed by atoms with E-state index >= 15 is 0 Å². The molecule has 126 valence electrons. The van der Waals surface area contributed by atoms with E-state index in [1.807, 2.05) is 6.92 Å². The van der Waals surface area contributed by atoms with Crippen LogP contribution in [0.2, 0.25) is 0 Å². The van der Waals surface area contributed by atoms with Crippen LogP contribution in [0.5, 0.6) is 0 Å². The maximum atomic E-state index is 5.02. The molecule has 0 N–H and O–H groups in total. The van der Waals surface area contributed by atoms with Crippen molar-refractivity contribution in [2.45, 2.75) is 53.4 Å². The third-order valence-electron chi connectivity index (χ3n) is 2.07. The molecule has 0 rings (SSSR count). The van der Waals surface area contributed by atoms with Crippen molar-refractivity contribution in [3.05, 3.63) is 0 Å². The van der Waals surface area contributed by atoms with Gasteiger partial charge in [-0.15, -0.1) is 24.2 Å². The average molecular weight is 325 g/mol. The summed E-state index contributed by atoms with van der Waals surface area (Å²) in [5.74, 6) is 14.4. The van der Waals surface area contributed by atoms with Crippen molar-refractivity contribution in [3.8, 4) is 36.0 Å². The topological polar surface area (TPSA) is 18.5 Å². The molecule has 0 fully saturated rings. The van der Waals surface area contributed by atoms with Crippen LogP contribution in [0.3, 0.4) is 0 Å². The molecule has 22 heavy (non-hydrogen) atoms. The predicted molar refractivity (Wildman–Crippen MR) is 101 cm³/mol. The first kappa shape index (κ1) is 25.9. The molecule has 0 aliphatic carbocycles. The van der Waals surface area contributed by atoms with Crippen LogP contribution in [0, 0.1) is 36.0 Å². The van der Waals surface area contributed by atoms with E-state index in [0.29, 0.717) is 19.8 Å². The maximum Gasteiger partial charge on any atom is 0.107 e. The molecular weight excluding hydrogens is 292 g/mol. The summed E-state index contributed by atoms with van der Waals surface area (Å²) in [7, 11) is 0. The fourth-order valence-electron chi connectivity index (χ4n) is 0.962. The lowest BCUT2D eigenvalue weighted by Crippen LogP contribution is -1.94. The zero-order valence-electron chi connectivity index (χ0n) is 14.7. The predicted octanol–water partition coefficient (Wildman–Crippen LogP) is 4.20. The molecule has 0 unspecified atom stereocenters. The molecule has 0 aromatic carbocycles. The van der Waals surface area contributed by atoms with Gasteiger partial charge in [0.15, 0.2) is 0 Å². The van der Waals surface area contributed by atoms with Crippen LogP contribution in [0.1, 0.15) is 53.4 Å². The normalized spacial score (nSPS) is 7.64. The lowest BCUT2D eigenvalue weighted by molar-refractivity contribution is 0.182. The van der Waals surface area contributed by atoms with Gasteiger partial charge >= 0.3 is 0 Å². The van der Waals surface area contributed by atoms with E-state index in [4.69, 9.17) is 15.9 Å². The number of ether oxygens (including phenoxy) is 2. The second-order valence-corrected chi connectivity index (χ2v) is 4.38. The fourth-order valence-corrected chi connectivity index (χ4v) is 1.09. The zero-order valence-corrected chi connectivity index (χ0v) is 15.6. The third-order valence-corrected chi connectivity index (χ3v) is 2.25. The minimum Gasteiger partial charge on any atom is -0.369 e. The first-order valence-electron chi connectivity index (χ1n) is 7.73. The van der Waals surface area contributed by atoms with Crippen LogP contribution in [-0.4, -0.2) is 32.2 Å². The number of rotatable bonds is 8. The van der Waals surface area contributed by atoms with Gasteiger partial charge in [0.05, 0.1) is 6.61 Å². The van der Waals surface area contributed by atoms with Crippen LogP contribution in [0.15, 0.2) is 0 Å². The summed E-state index contributed by atoms with van der Waals surface area (Å²) < 4.78 is 9.87. The van der Waals surface area contributed by atoms with E-state index in [1.54, 1.807) is 13.8 Å². The third kappa shape index (κ3) is 42.8. The molecule has 0 amide bonds. The highest BCUT2D eigenvalue weighted by Gasteiger charge is 1.78. The van der Waals surface area contributed by atoms with Crippen molar-refractivity contribution < 1.29 is 9.47 Å². The van der Waals surface area contributed by atoms with E-state index < -0.39 is 0 Å². The molecule has 0 aliphatic rings. The number of hydrogen-bond donors (Lipinski definition) is 1. The highest BCUT2D eigenvalue weighted by atomic mass is 32.1. The van der Waals surface area contributed by atoms with Gasteiger partial charge in [0.2, 0.25) is 0 Å². The fraction of sp³-hybridized carbons (Fsp3) is 0.684. The summed E-state index contributed by atoms with van der Waals surface area (Å²) >= 11 is 3.95. The molecule has 0 aliphatic heterocycles. The van der Waals surface area contributed by atoms with Crippen molar-refractivity contribution in [1.82, 2.24) is 0 Å². The summed E-state index contributed by atoms with van der Waals surface area (Å²) in [5, 5.41) is 0. The Morgan fingerprint density at radius 3 is 1.95 bits per heavy atom. The van der Waals surface area contributed by atoms with E-state index in [1.165, 1.54) is 19.3 Å². The maximum absolute atomic E-state index is 5.02. The highest BCUT2D eigenvalue weighted by molar-refractivity contribution is 7.80. The Kier molecular flexibility index (Phi) is 37.7. The number of thiol groups is 1. The summed E-state index contributed by atoms with van der Waals surface area (Å²) in [6.45, 7) is 10.3. The van der Waals surface area contributed by atoms with Crippen molar-refractivity contribution in [1.29, 1.82) is 0 Å². The summed E-state index contributed by atoms with van der Waals surface area (Å²) in [6, 6.07) is 0. The smallest absolute Gasteiger partial charge is 0.107 e. The van der Waals surface area contributed by atoms with Gasteiger partial charge in [0.25, 0.3) is 0 Å². The molecule has 0 spiro atoms. The van der Waals surface area contributed by atoms with Crippen molar-refractivity contribution in [3.63, 3.8) is 0 Å². The Bertz CT molecular complexity index is 336. The van der Waals surface area contributed by atoms with Crippen LogP contribution in [0.4, 0.5) is 0 Å². The second-order valence-electron chi connectivity index (χ2n) is 3.93. The standard InChI is InChI=1S/C7H12.C6H10OS.C6H10O/c1-3-5-7-6-4-2;1-2-3-4-7-5-6-8;1-3-5-6-7-4-2/h1H,4-7H2,2H3;8H,4-6H2,1H3;4,6H2,1-2H3. The van der Waals surface area contributed by atoms with Crippen molar-refractivity contribution >= 4 is 12.6 Å². The van der Waals surface area contributed by atoms with Crippen LogP contribution >= 0.6 is 12.6 Å². The first-order valence-corrected chi connectivity index (χ1v) is 8.37. The molecule has 0 bridgehead atoms. The lowest BCUT2D eigenvalue weighted by Gasteiger charge is -1.91. The monoisotopic (exact) mass is 324 g/mol. The first-order chi connectivity index (χ1) is 10.7. The van der Waals surface area contributed by atoms with Gasteiger partial charge in [-0.1, -0.05) is 31.6 Å². The number of unbranched alkanes of at least 4 members (excludes halogenated alkanes) is 3. The van der Waals surface area contributed by atoms with E-state index in [2.05, 4.69) is 49.2 Å². The molecule has 0 saturated heterocycles. The van der Waals surface area contributed by atoms with E-state index in [0.717, 1.165) is 18.8 Å². The van der Waals surface area contributed by atoms with Crippen molar-refractivity contribution in [2.24, 2.45) is 0 Å². The van der Waals surface area contributed by atoms with Crippen molar-refractivity contribution in [2.75, 3.05) is 32.2 Å². The minimum atomic E-state index is 0.539. The summed E-state index contributed by atoms with van der Waals surface area (Å²) in [4.78, 5) is 0. The number of terminal acetylenes is 1. The van der Waals surface area contributed by atoms with Gasteiger partial charge in [-0.2, -0.15) is 12.6 Å². The average Bonchev–Trinajstić information content (AvgIpc) is 2.54. The summed E-state index contributed by atoms with van der Waals surface area (Å²) in [5.41, 5.74) is 0. The van der Waals surface area contributed by atoms with Gasteiger partial charge < -0.3 is 9.47 Å². The van der Waals surface area contributed by atoms with Crippen LogP contribution in [0.25, 0.3) is 0 Å². The lowest BCUT2D eigenvalue weighted by atomic mass is 10.2. The molecule has 0 saturated carbocycles. The molecule has 0 aromatic rings. The SMILES string of the molecule is C#CCCCCC.CC#CCOCC.CC#CCOCCS. The quantitative estimate of drug-likeness (QED) is 0.410. The Labute approximate surface area is 144 Å². The van der Waals surface area contributed by atoms with Gasteiger partial charge in [0.1, 0.15) is 13.2 Å².